The molecule has 0 spiro atoms. The Hall–Kier alpha value is -0.920. The van der Waals surface area contributed by atoms with Crippen LogP contribution >= 0.6 is 0 Å². The van der Waals surface area contributed by atoms with E-state index in [1.807, 2.05) is 0 Å². The van der Waals surface area contributed by atoms with Gasteiger partial charge in [0.1, 0.15) is 0 Å². The van der Waals surface area contributed by atoms with E-state index < -0.39 is 0 Å². The van der Waals surface area contributed by atoms with Crippen LogP contribution in [0.15, 0.2) is 22.5 Å². The summed E-state index contributed by atoms with van der Waals surface area (Å²) in [4.78, 5) is 4.75. The summed E-state index contributed by atoms with van der Waals surface area (Å²) < 4.78 is 0. The van der Waals surface area contributed by atoms with Crippen molar-refractivity contribution in [2.75, 3.05) is 28.2 Å². The normalized spacial score (nSPS) is 19.8. The lowest BCUT2D eigenvalue weighted by atomic mass is 9.87. The SMILES string of the molecule is CN(C)C(=C1CCCCC1)C(=C1CCCCC1)N(C)C. The standard InChI is InChI=1S/C18H32N2/c1-19(2)17(15-11-7-5-8-12-15)18(20(3)4)16-13-9-6-10-14-16/h5-14H2,1-4H3. The number of rotatable bonds is 3. The van der Waals surface area contributed by atoms with Crippen LogP contribution in [0.1, 0.15) is 64.2 Å². The minimum atomic E-state index is 1.30. The lowest BCUT2D eigenvalue weighted by molar-refractivity contribution is 0.415. The van der Waals surface area contributed by atoms with Gasteiger partial charge < -0.3 is 9.80 Å². The summed E-state index contributed by atoms with van der Waals surface area (Å²) in [7, 11) is 8.90. The highest BCUT2D eigenvalue weighted by Gasteiger charge is 2.22. The molecule has 0 radical (unpaired) electrons. The molecular weight excluding hydrogens is 244 g/mol. The molecule has 2 fully saturated rings. The van der Waals surface area contributed by atoms with Gasteiger partial charge in [0.15, 0.2) is 0 Å². The van der Waals surface area contributed by atoms with Crippen molar-refractivity contribution in [2.45, 2.75) is 64.2 Å². The first-order chi connectivity index (χ1) is 9.61. The van der Waals surface area contributed by atoms with E-state index >= 15 is 0 Å². The van der Waals surface area contributed by atoms with Gasteiger partial charge in [-0.3, -0.25) is 0 Å². The van der Waals surface area contributed by atoms with Crippen molar-refractivity contribution < 1.29 is 0 Å². The van der Waals surface area contributed by atoms with Crippen LogP contribution in [0.2, 0.25) is 0 Å². The van der Waals surface area contributed by atoms with E-state index in [0.717, 1.165) is 0 Å². The summed E-state index contributed by atoms with van der Waals surface area (Å²) in [5, 5.41) is 0. The first-order valence-corrected chi connectivity index (χ1v) is 8.40. The Balaban J connectivity index is 2.42. The number of allylic oxidation sites excluding steroid dienone is 2. The number of hydrogen-bond donors (Lipinski definition) is 0. The molecule has 0 aromatic carbocycles. The zero-order valence-electron chi connectivity index (χ0n) is 14.0. The number of likely N-dealkylation sites (N-methyl/N-ethyl adjacent to an activating group) is 2. The summed E-state index contributed by atoms with van der Waals surface area (Å²) >= 11 is 0. The van der Waals surface area contributed by atoms with Gasteiger partial charge in [-0.2, -0.15) is 0 Å². The molecule has 0 heterocycles. The van der Waals surface area contributed by atoms with Crippen molar-refractivity contribution in [1.29, 1.82) is 0 Å². The molecule has 0 saturated heterocycles. The molecule has 0 bridgehead atoms. The fraction of sp³-hybridized carbons (Fsp3) is 0.778. The van der Waals surface area contributed by atoms with Crippen molar-refractivity contribution in [2.24, 2.45) is 0 Å². The summed E-state index contributed by atoms with van der Waals surface area (Å²) in [6, 6.07) is 0. The Morgan fingerprint density at radius 1 is 0.550 bits per heavy atom. The summed E-state index contributed by atoms with van der Waals surface area (Å²) in [6.45, 7) is 0. The minimum absolute atomic E-state index is 1.30. The quantitative estimate of drug-likeness (QED) is 0.746. The van der Waals surface area contributed by atoms with Crippen LogP contribution in [0.25, 0.3) is 0 Å². The molecule has 0 amide bonds. The molecule has 0 aliphatic heterocycles. The Morgan fingerprint density at radius 2 is 0.850 bits per heavy atom. The van der Waals surface area contributed by atoms with Crippen molar-refractivity contribution in [1.82, 2.24) is 9.80 Å². The van der Waals surface area contributed by atoms with E-state index in [4.69, 9.17) is 0 Å². The number of nitrogens with zero attached hydrogens (tertiary/aromatic N) is 2. The van der Waals surface area contributed by atoms with E-state index in [0.29, 0.717) is 0 Å². The smallest absolute Gasteiger partial charge is 0.0590 e. The zero-order valence-corrected chi connectivity index (χ0v) is 14.0. The summed E-state index contributed by atoms with van der Waals surface area (Å²) in [5.74, 6) is 0. The topological polar surface area (TPSA) is 6.48 Å². The Labute approximate surface area is 125 Å². The maximum atomic E-state index is 2.37. The predicted octanol–water partition coefficient (Wildman–Crippen LogP) is 4.55. The van der Waals surface area contributed by atoms with Crippen molar-refractivity contribution in [3.63, 3.8) is 0 Å². The highest BCUT2D eigenvalue weighted by Crippen LogP contribution is 2.35. The molecule has 2 aliphatic rings. The number of hydrogen-bond acceptors (Lipinski definition) is 2. The van der Waals surface area contributed by atoms with Crippen LogP contribution in [-0.2, 0) is 0 Å². The van der Waals surface area contributed by atoms with Gasteiger partial charge in [-0.05, 0) is 62.5 Å². The molecule has 0 aromatic heterocycles. The molecule has 0 aromatic rings. The second-order valence-corrected chi connectivity index (χ2v) is 6.81. The highest BCUT2D eigenvalue weighted by atomic mass is 15.2. The molecule has 2 aliphatic carbocycles. The second-order valence-electron chi connectivity index (χ2n) is 6.81. The van der Waals surface area contributed by atoms with E-state index in [9.17, 15) is 0 Å². The molecular formula is C18H32N2. The van der Waals surface area contributed by atoms with Gasteiger partial charge in [-0.15, -0.1) is 0 Å². The summed E-state index contributed by atoms with van der Waals surface area (Å²) in [6.07, 6.45) is 13.6. The second kappa shape index (κ2) is 7.19. The van der Waals surface area contributed by atoms with Crippen LogP contribution in [0.4, 0.5) is 0 Å². The average molecular weight is 276 g/mol. The zero-order chi connectivity index (χ0) is 14.5. The van der Waals surface area contributed by atoms with Gasteiger partial charge in [0.2, 0.25) is 0 Å². The molecule has 2 nitrogen and oxygen atoms in total. The van der Waals surface area contributed by atoms with Gasteiger partial charge in [-0.25, -0.2) is 0 Å². The van der Waals surface area contributed by atoms with Crippen LogP contribution in [0.5, 0.6) is 0 Å². The lowest BCUT2D eigenvalue weighted by Gasteiger charge is -2.33. The van der Waals surface area contributed by atoms with Crippen LogP contribution in [-0.4, -0.2) is 38.0 Å². The average Bonchev–Trinajstić information content (AvgIpc) is 2.45. The Kier molecular flexibility index (Phi) is 5.56. The van der Waals surface area contributed by atoms with Gasteiger partial charge in [0, 0.05) is 28.2 Å². The molecule has 2 heteroatoms. The fourth-order valence-electron chi connectivity index (χ4n) is 3.82. The van der Waals surface area contributed by atoms with E-state index in [2.05, 4.69) is 38.0 Å². The maximum absolute atomic E-state index is 2.37. The van der Waals surface area contributed by atoms with Gasteiger partial charge in [0.25, 0.3) is 0 Å². The van der Waals surface area contributed by atoms with E-state index in [-0.39, 0.29) is 0 Å². The highest BCUT2D eigenvalue weighted by molar-refractivity contribution is 5.37. The largest absolute Gasteiger partial charge is 0.376 e. The van der Waals surface area contributed by atoms with Crippen LogP contribution < -0.4 is 0 Å². The molecule has 20 heavy (non-hydrogen) atoms. The van der Waals surface area contributed by atoms with Gasteiger partial charge in [0.05, 0.1) is 11.4 Å². The molecule has 0 N–H and O–H groups in total. The lowest BCUT2D eigenvalue weighted by Crippen LogP contribution is -2.26. The first kappa shape index (κ1) is 15.5. The van der Waals surface area contributed by atoms with E-state index in [1.165, 1.54) is 75.6 Å². The minimum Gasteiger partial charge on any atom is -0.376 e. The van der Waals surface area contributed by atoms with Crippen molar-refractivity contribution in [3.05, 3.63) is 22.5 Å². The Morgan fingerprint density at radius 3 is 1.10 bits per heavy atom. The van der Waals surface area contributed by atoms with Gasteiger partial charge >= 0.3 is 0 Å². The maximum Gasteiger partial charge on any atom is 0.0590 e. The Bertz CT molecular complexity index is 334. The summed E-state index contributed by atoms with van der Waals surface area (Å²) in [5.41, 5.74) is 6.46. The third-order valence-electron chi connectivity index (χ3n) is 4.70. The third kappa shape index (κ3) is 3.59. The third-order valence-corrected chi connectivity index (χ3v) is 4.70. The molecule has 0 unspecified atom stereocenters. The van der Waals surface area contributed by atoms with Crippen LogP contribution in [0, 0.1) is 0 Å². The molecule has 2 saturated carbocycles. The van der Waals surface area contributed by atoms with Crippen molar-refractivity contribution >= 4 is 0 Å². The van der Waals surface area contributed by atoms with E-state index in [1.54, 1.807) is 11.1 Å². The van der Waals surface area contributed by atoms with Gasteiger partial charge in [-0.1, -0.05) is 12.8 Å². The van der Waals surface area contributed by atoms with Crippen molar-refractivity contribution in [3.8, 4) is 0 Å². The molecule has 2 rings (SSSR count). The fourth-order valence-corrected chi connectivity index (χ4v) is 3.82. The van der Waals surface area contributed by atoms with Crippen LogP contribution in [0.3, 0.4) is 0 Å². The molecule has 114 valence electrons. The first-order valence-electron chi connectivity index (χ1n) is 8.40. The molecule has 0 atom stereocenters. The monoisotopic (exact) mass is 276 g/mol. The predicted molar refractivity (Wildman–Crippen MR) is 87.6 cm³/mol.